The molecule has 1 saturated carbocycles. The fourth-order valence-corrected chi connectivity index (χ4v) is 3.16. The van der Waals surface area contributed by atoms with Crippen molar-refractivity contribution in [2.75, 3.05) is 7.11 Å². The molecule has 6 heteroatoms. The number of ether oxygens (including phenoxy) is 1. The van der Waals surface area contributed by atoms with Crippen molar-refractivity contribution in [3.8, 4) is 11.3 Å². The predicted molar refractivity (Wildman–Crippen MR) is 82.9 cm³/mol. The van der Waals surface area contributed by atoms with Gasteiger partial charge in [-0.05, 0) is 31.4 Å². The van der Waals surface area contributed by atoms with E-state index in [0.717, 1.165) is 30.5 Å². The molecule has 5 nitrogen and oxygen atoms in total. The number of hydrogen-bond acceptors (Lipinski definition) is 4. The summed E-state index contributed by atoms with van der Waals surface area (Å²) in [5, 5.41) is 15.1. The number of rotatable bonds is 3. The second-order valence-electron chi connectivity index (χ2n) is 5.40. The SMILES string of the molecule is COC(=O)c1cc(-c2ccccc2Cl)n([C@@H]2CCC[C@H]2O)n1. The Bertz CT molecular complexity index is 698. The highest BCUT2D eigenvalue weighted by Crippen LogP contribution is 2.36. The zero-order chi connectivity index (χ0) is 15.7. The molecule has 0 spiro atoms. The molecule has 0 unspecified atom stereocenters. The minimum absolute atomic E-state index is 0.148. The van der Waals surface area contributed by atoms with Crippen LogP contribution in [0.1, 0.15) is 35.8 Å². The molecule has 1 N–H and O–H groups in total. The van der Waals surface area contributed by atoms with Gasteiger partial charge in [-0.1, -0.05) is 29.8 Å². The van der Waals surface area contributed by atoms with E-state index in [9.17, 15) is 9.90 Å². The quantitative estimate of drug-likeness (QED) is 0.883. The van der Waals surface area contributed by atoms with Crippen molar-refractivity contribution < 1.29 is 14.6 Å². The van der Waals surface area contributed by atoms with Crippen molar-refractivity contribution in [2.24, 2.45) is 0 Å². The maximum atomic E-state index is 11.8. The van der Waals surface area contributed by atoms with E-state index in [1.165, 1.54) is 7.11 Å². The largest absolute Gasteiger partial charge is 0.464 e. The van der Waals surface area contributed by atoms with E-state index < -0.39 is 12.1 Å². The van der Waals surface area contributed by atoms with Crippen molar-refractivity contribution in [2.45, 2.75) is 31.4 Å². The lowest BCUT2D eigenvalue weighted by Crippen LogP contribution is -2.20. The molecule has 0 bridgehead atoms. The summed E-state index contributed by atoms with van der Waals surface area (Å²) in [5.41, 5.74) is 1.72. The van der Waals surface area contributed by atoms with Crippen LogP contribution in [0.3, 0.4) is 0 Å². The Kier molecular flexibility index (Phi) is 4.18. The van der Waals surface area contributed by atoms with E-state index in [0.29, 0.717) is 5.02 Å². The average Bonchev–Trinajstić information content (AvgIpc) is 3.13. The Morgan fingerprint density at radius 1 is 1.41 bits per heavy atom. The average molecular weight is 321 g/mol. The molecule has 22 heavy (non-hydrogen) atoms. The maximum Gasteiger partial charge on any atom is 0.358 e. The van der Waals surface area contributed by atoms with Gasteiger partial charge in [-0.25, -0.2) is 4.79 Å². The van der Waals surface area contributed by atoms with E-state index in [4.69, 9.17) is 16.3 Å². The number of nitrogens with zero attached hydrogens (tertiary/aromatic N) is 2. The minimum atomic E-state index is -0.500. The molecule has 1 aromatic heterocycles. The molecule has 0 aliphatic heterocycles. The first-order valence-corrected chi connectivity index (χ1v) is 7.60. The summed E-state index contributed by atoms with van der Waals surface area (Å²) < 4.78 is 6.46. The Balaban J connectivity index is 2.13. The Morgan fingerprint density at radius 3 is 2.82 bits per heavy atom. The van der Waals surface area contributed by atoms with Gasteiger partial charge < -0.3 is 9.84 Å². The number of carbonyl (C=O) groups excluding carboxylic acids is 1. The normalized spacial score (nSPS) is 21.0. The molecule has 0 radical (unpaired) electrons. The van der Waals surface area contributed by atoms with Crippen LogP contribution in [0.15, 0.2) is 30.3 Å². The van der Waals surface area contributed by atoms with E-state index in [1.54, 1.807) is 16.8 Å². The maximum absolute atomic E-state index is 11.8. The van der Waals surface area contributed by atoms with Crippen molar-refractivity contribution in [3.05, 3.63) is 41.0 Å². The lowest BCUT2D eigenvalue weighted by Gasteiger charge is -2.18. The van der Waals surface area contributed by atoms with Gasteiger partial charge in [0.15, 0.2) is 5.69 Å². The molecule has 3 rings (SSSR count). The molecule has 2 atom stereocenters. The van der Waals surface area contributed by atoms with Gasteiger partial charge in [0.25, 0.3) is 0 Å². The van der Waals surface area contributed by atoms with Crippen molar-refractivity contribution >= 4 is 17.6 Å². The standard InChI is InChI=1S/C16H17ClN2O3/c1-22-16(21)12-9-14(10-5-2-3-6-11(10)17)19(18-12)13-7-4-8-15(13)20/h2-3,5-6,9,13,15,20H,4,7-8H2,1H3/t13-,15-/m1/s1. The third kappa shape index (κ3) is 2.62. The van der Waals surface area contributed by atoms with Gasteiger partial charge in [0, 0.05) is 10.6 Å². The smallest absolute Gasteiger partial charge is 0.358 e. The Hall–Kier alpha value is -1.85. The van der Waals surface area contributed by atoms with Gasteiger partial charge >= 0.3 is 5.97 Å². The van der Waals surface area contributed by atoms with E-state index in [1.807, 2.05) is 18.2 Å². The second-order valence-corrected chi connectivity index (χ2v) is 5.80. The Labute approximate surface area is 133 Å². The number of halogens is 1. The zero-order valence-electron chi connectivity index (χ0n) is 12.2. The molecule has 0 amide bonds. The van der Waals surface area contributed by atoms with Gasteiger partial charge in [0.1, 0.15) is 0 Å². The van der Waals surface area contributed by atoms with Crippen LogP contribution in [-0.4, -0.2) is 34.1 Å². The molecule has 2 aromatic rings. The third-order valence-corrected chi connectivity index (χ3v) is 4.37. The van der Waals surface area contributed by atoms with Crippen LogP contribution in [-0.2, 0) is 4.74 Å². The topological polar surface area (TPSA) is 64.3 Å². The number of hydrogen-bond donors (Lipinski definition) is 1. The molecule has 1 aromatic carbocycles. The summed E-state index contributed by atoms with van der Waals surface area (Å²) in [5.74, 6) is -0.500. The Morgan fingerprint density at radius 2 is 2.18 bits per heavy atom. The lowest BCUT2D eigenvalue weighted by molar-refractivity contribution is 0.0590. The number of aromatic nitrogens is 2. The molecule has 1 aliphatic rings. The van der Waals surface area contributed by atoms with Crippen LogP contribution in [0, 0.1) is 0 Å². The lowest BCUT2D eigenvalue weighted by atomic mass is 10.1. The third-order valence-electron chi connectivity index (χ3n) is 4.04. The fourth-order valence-electron chi connectivity index (χ4n) is 2.93. The van der Waals surface area contributed by atoms with Crippen molar-refractivity contribution in [1.82, 2.24) is 9.78 Å². The molecule has 0 saturated heterocycles. The molecule has 1 aliphatic carbocycles. The summed E-state index contributed by atoms with van der Waals surface area (Å²) in [6.45, 7) is 0. The molecule has 1 fully saturated rings. The predicted octanol–water partition coefficient (Wildman–Crippen LogP) is 3.08. The first-order chi connectivity index (χ1) is 10.6. The number of benzene rings is 1. The second kappa shape index (κ2) is 6.10. The van der Waals surface area contributed by atoms with E-state index in [-0.39, 0.29) is 11.7 Å². The monoisotopic (exact) mass is 320 g/mol. The van der Waals surface area contributed by atoms with Crippen LogP contribution >= 0.6 is 11.6 Å². The fraction of sp³-hybridized carbons (Fsp3) is 0.375. The zero-order valence-corrected chi connectivity index (χ0v) is 13.0. The first kappa shape index (κ1) is 15.1. The van der Waals surface area contributed by atoms with Crippen LogP contribution in [0.25, 0.3) is 11.3 Å². The minimum Gasteiger partial charge on any atom is -0.464 e. The number of esters is 1. The van der Waals surface area contributed by atoms with Crippen molar-refractivity contribution in [1.29, 1.82) is 0 Å². The highest BCUT2D eigenvalue weighted by Gasteiger charge is 2.31. The van der Waals surface area contributed by atoms with Gasteiger partial charge in [0.2, 0.25) is 0 Å². The summed E-state index contributed by atoms with van der Waals surface area (Å²) in [7, 11) is 1.32. The van der Waals surface area contributed by atoms with Gasteiger partial charge in [-0.2, -0.15) is 5.10 Å². The molecular weight excluding hydrogens is 304 g/mol. The summed E-state index contributed by atoms with van der Waals surface area (Å²) >= 11 is 6.28. The van der Waals surface area contributed by atoms with E-state index >= 15 is 0 Å². The molecule has 116 valence electrons. The van der Waals surface area contributed by atoms with Crippen LogP contribution in [0.2, 0.25) is 5.02 Å². The highest BCUT2D eigenvalue weighted by molar-refractivity contribution is 6.33. The number of aliphatic hydroxyl groups is 1. The summed E-state index contributed by atoms with van der Waals surface area (Å²) in [4.78, 5) is 11.8. The van der Waals surface area contributed by atoms with Crippen LogP contribution < -0.4 is 0 Å². The van der Waals surface area contributed by atoms with E-state index in [2.05, 4.69) is 5.10 Å². The van der Waals surface area contributed by atoms with Crippen molar-refractivity contribution in [3.63, 3.8) is 0 Å². The molecule has 1 heterocycles. The van der Waals surface area contributed by atoms with Crippen LogP contribution in [0.5, 0.6) is 0 Å². The van der Waals surface area contributed by atoms with Gasteiger partial charge in [-0.15, -0.1) is 0 Å². The number of carbonyl (C=O) groups is 1. The van der Waals surface area contributed by atoms with Crippen LogP contribution in [0.4, 0.5) is 0 Å². The molecular formula is C16H17ClN2O3. The first-order valence-electron chi connectivity index (χ1n) is 7.22. The summed E-state index contributed by atoms with van der Waals surface area (Å²) in [6, 6.07) is 8.90. The summed E-state index contributed by atoms with van der Waals surface area (Å²) in [6.07, 6.45) is 2.02. The van der Waals surface area contributed by atoms with Gasteiger partial charge in [-0.3, -0.25) is 4.68 Å². The highest BCUT2D eigenvalue weighted by atomic mass is 35.5. The van der Waals surface area contributed by atoms with Gasteiger partial charge in [0.05, 0.1) is 24.9 Å². The number of aliphatic hydroxyl groups excluding tert-OH is 1. The number of methoxy groups -OCH3 is 1.